The van der Waals surface area contributed by atoms with Crippen LogP contribution in [0.1, 0.15) is 32.8 Å². The Balaban J connectivity index is 1.79. The third-order valence-electron chi connectivity index (χ3n) is 3.23. The van der Waals surface area contributed by atoms with Crippen molar-refractivity contribution in [1.82, 2.24) is 4.90 Å². The SMILES string of the molecule is CC(C)(C)OC(=O)N1CCC(OCc2cccc(N)c2)C1. The van der Waals surface area contributed by atoms with Gasteiger partial charge in [-0.15, -0.1) is 0 Å². The lowest BCUT2D eigenvalue weighted by Crippen LogP contribution is -2.36. The maximum atomic E-state index is 12.0. The lowest BCUT2D eigenvalue weighted by molar-refractivity contribution is 0.0184. The molecule has 116 valence electrons. The molecule has 0 spiro atoms. The van der Waals surface area contributed by atoms with Gasteiger partial charge < -0.3 is 20.1 Å². The van der Waals surface area contributed by atoms with Gasteiger partial charge in [0.2, 0.25) is 0 Å². The van der Waals surface area contributed by atoms with Gasteiger partial charge in [0.1, 0.15) is 5.60 Å². The number of nitrogen functional groups attached to an aromatic ring is 1. The van der Waals surface area contributed by atoms with Crippen LogP contribution in [0.2, 0.25) is 0 Å². The zero-order valence-electron chi connectivity index (χ0n) is 13.0. The fraction of sp³-hybridized carbons (Fsp3) is 0.562. The van der Waals surface area contributed by atoms with Gasteiger partial charge in [0, 0.05) is 12.2 Å². The van der Waals surface area contributed by atoms with Gasteiger partial charge in [-0.3, -0.25) is 0 Å². The summed E-state index contributed by atoms with van der Waals surface area (Å²) in [5.41, 5.74) is 7.06. The molecule has 0 aliphatic carbocycles. The summed E-state index contributed by atoms with van der Waals surface area (Å²) in [6, 6.07) is 7.65. The quantitative estimate of drug-likeness (QED) is 0.870. The smallest absolute Gasteiger partial charge is 0.410 e. The largest absolute Gasteiger partial charge is 0.444 e. The molecule has 21 heavy (non-hydrogen) atoms. The number of carbonyl (C=O) groups excluding carboxylic acids is 1. The first kappa shape index (κ1) is 15.6. The minimum absolute atomic E-state index is 0.0546. The van der Waals surface area contributed by atoms with Gasteiger partial charge in [0.05, 0.1) is 19.3 Å². The molecule has 1 atom stereocenters. The summed E-state index contributed by atoms with van der Waals surface area (Å²) in [5.74, 6) is 0. The van der Waals surface area contributed by atoms with Crippen LogP contribution in [0.4, 0.5) is 10.5 Å². The molecule has 5 heteroatoms. The first-order valence-corrected chi connectivity index (χ1v) is 7.27. The second kappa shape index (κ2) is 6.35. The lowest BCUT2D eigenvalue weighted by atomic mass is 10.2. The highest BCUT2D eigenvalue weighted by molar-refractivity contribution is 5.68. The van der Waals surface area contributed by atoms with Crippen LogP contribution >= 0.6 is 0 Å². The fourth-order valence-electron chi connectivity index (χ4n) is 2.25. The van der Waals surface area contributed by atoms with E-state index in [4.69, 9.17) is 15.2 Å². The molecule has 5 nitrogen and oxygen atoms in total. The Hall–Kier alpha value is -1.75. The molecule has 0 saturated carbocycles. The highest BCUT2D eigenvalue weighted by atomic mass is 16.6. The minimum atomic E-state index is -0.461. The van der Waals surface area contributed by atoms with Crippen molar-refractivity contribution < 1.29 is 14.3 Å². The van der Waals surface area contributed by atoms with E-state index in [0.29, 0.717) is 19.7 Å². The maximum absolute atomic E-state index is 12.0. The van der Waals surface area contributed by atoms with E-state index >= 15 is 0 Å². The van der Waals surface area contributed by atoms with E-state index in [0.717, 1.165) is 17.7 Å². The standard InChI is InChI=1S/C16H24N2O3/c1-16(2,3)21-15(19)18-8-7-14(10-18)20-11-12-5-4-6-13(17)9-12/h4-6,9,14H,7-8,10-11,17H2,1-3H3. The topological polar surface area (TPSA) is 64.8 Å². The number of hydrogen-bond acceptors (Lipinski definition) is 4. The van der Waals surface area contributed by atoms with Crippen LogP contribution in [0.15, 0.2) is 24.3 Å². The van der Waals surface area contributed by atoms with E-state index in [-0.39, 0.29) is 12.2 Å². The van der Waals surface area contributed by atoms with Crippen LogP contribution in [0.25, 0.3) is 0 Å². The summed E-state index contributed by atoms with van der Waals surface area (Å²) < 4.78 is 11.2. The normalized spacial score (nSPS) is 18.8. The van der Waals surface area contributed by atoms with Gasteiger partial charge >= 0.3 is 6.09 Å². The molecule has 1 aliphatic heterocycles. The molecule has 1 amide bonds. The first-order chi connectivity index (χ1) is 9.83. The number of nitrogens with zero attached hydrogens (tertiary/aromatic N) is 1. The molecule has 2 N–H and O–H groups in total. The maximum Gasteiger partial charge on any atom is 0.410 e. The molecule has 1 aromatic rings. The van der Waals surface area contributed by atoms with Crippen molar-refractivity contribution in [3.8, 4) is 0 Å². The molecule has 0 radical (unpaired) electrons. The number of rotatable bonds is 3. The van der Waals surface area contributed by atoms with Gasteiger partial charge in [0.25, 0.3) is 0 Å². The van der Waals surface area contributed by atoms with Gasteiger partial charge in [-0.05, 0) is 44.9 Å². The number of amides is 1. The third-order valence-corrected chi connectivity index (χ3v) is 3.23. The summed E-state index contributed by atoms with van der Waals surface area (Å²) in [5, 5.41) is 0. The Labute approximate surface area is 126 Å². The van der Waals surface area contributed by atoms with Crippen molar-refractivity contribution in [3.05, 3.63) is 29.8 Å². The van der Waals surface area contributed by atoms with Crippen molar-refractivity contribution in [3.63, 3.8) is 0 Å². The van der Waals surface area contributed by atoms with Crippen molar-refractivity contribution in [2.75, 3.05) is 18.8 Å². The average Bonchev–Trinajstić information content (AvgIpc) is 2.83. The monoisotopic (exact) mass is 292 g/mol. The molecular weight excluding hydrogens is 268 g/mol. The number of benzene rings is 1. The number of ether oxygens (including phenoxy) is 2. The van der Waals surface area contributed by atoms with E-state index in [1.165, 1.54) is 0 Å². The summed E-state index contributed by atoms with van der Waals surface area (Å²) in [4.78, 5) is 13.7. The van der Waals surface area contributed by atoms with Crippen LogP contribution in [-0.4, -0.2) is 35.8 Å². The molecular formula is C16H24N2O3. The number of likely N-dealkylation sites (tertiary alicyclic amines) is 1. The van der Waals surface area contributed by atoms with Crippen molar-refractivity contribution in [2.24, 2.45) is 0 Å². The molecule has 0 aromatic heterocycles. The fourth-order valence-corrected chi connectivity index (χ4v) is 2.25. The Kier molecular flexibility index (Phi) is 4.73. The average molecular weight is 292 g/mol. The van der Waals surface area contributed by atoms with Gasteiger partial charge in [-0.1, -0.05) is 12.1 Å². The molecule has 1 aliphatic rings. The van der Waals surface area contributed by atoms with E-state index in [2.05, 4.69) is 0 Å². The molecule has 1 unspecified atom stereocenters. The summed E-state index contributed by atoms with van der Waals surface area (Å²) >= 11 is 0. The predicted octanol–water partition coefficient (Wildman–Crippen LogP) is 2.79. The summed E-state index contributed by atoms with van der Waals surface area (Å²) in [6.07, 6.45) is 0.623. The predicted molar refractivity (Wildman–Crippen MR) is 81.9 cm³/mol. The highest BCUT2D eigenvalue weighted by Gasteiger charge is 2.30. The summed E-state index contributed by atoms with van der Waals surface area (Å²) in [6.45, 7) is 7.38. The van der Waals surface area contributed by atoms with Gasteiger partial charge in [-0.2, -0.15) is 0 Å². The van der Waals surface area contributed by atoms with E-state index in [1.807, 2.05) is 45.0 Å². The third kappa shape index (κ3) is 4.93. The molecule has 2 rings (SSSR count). The molecule has 1 fully saturated rings. The van der Waals surface area contributed by atoms with Crippen molar-refractivity contribution in [2.45, 2.75) is 45.5 Å². The minimum Gasteiger partial charge on any atom is -0.444 e. The molecule has 0 bridgehead atoms. The zero-order valence-corrected chi connectivity index (χ0v) is 13.0. The Bertz CT molecular complexity index is 497. The van der Waals surface area contributed by atoms with E-state index in [9.17, 15) is 4.79 Å². The number of anilines is 1. The van der Waals surface area contributed by atoms with Crippen LogP contribution in [-0.2, 0) is 16.1 Å². The van der Waals surface area contributed by atoms with E-state index in [1.54, 1.807) is 4.90 Å². The van der Waals surface area contributed by atoms with Crippen LogP contribution < -0.4 is 5.73 Å². The first-order valence-electron chi connectivity index (χ1n) is 7.27. The number of nitrogens with two attached hydrogens (primary N) is 1. The lowest BCUT2D eigenvalue weighted by Gasteiger charge is -2.24. The number of hydrogen-bond donors (Lipinski definition) is 1. The number of carbonyl (C=O) groups is 1. The van der Waals surface area contributed by atoms with Crippen LogP contribution in [0.5, 0.6) is 0 Å². The highest BCUT2D eigenvalue weighted by Crippen LogP contribution is 2.18. The van der Waals surface area contributed by atoms with E-state index < -0.39 is 5.60 Å². The molecule has 1 heterocycles. The van der Waals surface area contributed by atoms with Gasteiger partial charge in [0.15, 0.2) is 0 Å². The second-order valence-corrected chi connectivity index (χ2v) is 6.39. The Morgan fingerprint density at radius 2 is 2.19 bits per heavy atom. The molecule has 1 aromatic carbocycles. The Morgan fingerprint density at radius 3 is 2.86 bits per heavy atom. The van der Waals surface area contributed by atoms with Crippen LogP contribution in [0, 0.1) is 0 Å². The van der Waals surface area contributed by atoms with Crippen molar-refractivity contribution in [1.29, 1.82) is 0 Å². The zero-order chi connectivity index (χ0) is 15.5. The van der Waals surface area contributed by atoms with Crippen molar-refractivity contribution >= 4 is 11.8 Å². The van der Waals surface area contributed by atoms with Gasteiger partial charge in [-0.25, -0.2) is 4.79 Å². The summed E-state index contributed by atoms with van der Waals surface area (Å²) in [7, 11) is 0. The Morgan fingerprint density at radius 1 is 1.43 bits per heavy atom. The van der Waals surface area contributed by atoms with Crippen LogP contribution in [0.3, 0.4) is 0 Å². The second-order valence-electron chi connectivity index (χ2n) is 6.39. The molecule has 1 saturated heterocycles.